The number of anilines is 1. The Morgan fingerprint density at radius 3 is 2.54 bits per heavy atom. The van der Waals surface area contributed by atoms with E-state index in [1.165, 1.54) is 5.56 Å². The molecule has 0 saturated heterocycles. The summed E-state index contributed by atoms with van der Waals surface area (Å²) in [5, 5.41) is 4.95. The minimum atomic E-state index is -0.0882. The van der Waals surface area contributed by atoms with Gasteiger partial charge in [0.25, 0.3) is 5.91 Å². The summed E-state index contributed by atoms with van der Waals surface area (Å²) in [5.41, 5.74) is 5.78. The van der Waals surface area contributed by atoms with Gasteiger partial charge < -0.3 is 0 Å². The van der Waals surface area contributed by atoms with Gasteiger partial charge in [0.15, 0.2) is 5.13 Å². The maximum Gasteiger partial charge on any atom is 0.278 e. The molecule has 0 bridgehead atoms. The highest BCUT2D eigenvalue weighted by Gasteiger charge is 2.26. The van der Waals surface area contributed by atoms with Crippen LogP contribution < -0.4 is 4.90 Å². The standard InChI is InChI=1S/C22H22N4OS/c1-14-10-15(2)19-18(11-14)28-22(24-19)26(13-17-8-6-5-7-9-17)21(27)20-16(3)12-23-25(20)4/h5-12H,13H2,1-4H3. The van der Waals surface area contributed by atoms with E-state index in [1.54, 1.807) is 34.2 Å². The summed E-state index contributed by atoms with van der Waals surface area (Å²) in [4.78, 5) is 20.1. The van der Waals surface area contributed by atoms with Crippen LogP contribution >= 0.6 is 11.3 Å². The molecule has 0 atom stereocenters. The molecule has 2 aromatic carbocycles. The zero-order chi connectivity index (χ0) is 19.8. The van der Waals surface area contributed by atoms with Crippen molar-refractivity contribution in [2.75, 3.05) is 4.90 Å². The van der Waals surface area contributed by atoms with Crippen molar-refractivity contribution in [1.82, 2.24) is 14.8 Å². The third kappa shape index (κ3) is 3.31. The smallest absolute Gasteiger partial charge is 0.278 e. The first-order chi connectivity index (χ1) is 13.4. The molecule has 0 N–H and O–H groups in total. The quantitative estimate of drug-likeness (QED) is 0.503. The van der Waals surface area contributed by atoms with Crippen LogP contribution in [0.15, 0.2) is 48.7 Å². The Bertz CT molecular complexity index is 1140. The second-order valence-corrected chi connectivity index (χ2v) is 8.11. The minimum Gasteiger partial charge on any atom is -0.278 e. The van der Waals surface area contributed by atoms with Crippen LogP contribution in [0.25, 0.3) is 10.2 Å². The van der Waals surface area contributed by atoms with E-state index < -0.39 is 0 Å². The van der Waals surface area contributed by atoms with Gasteiger partial charge in [-0.25, -0.2) is 4.98 Å². The molecular formula is C22H22N4OS. The SMILES string of the molecule is Cc1cc(C)c2nc(N(Cc3ccccc3)C(=O)c3c(C)cnn3C)sc2c1. The largest absolute Gasteiger partial charge is 0.278 e. The lowest BCUT2D eigenvalue weighted by Gasteiger charge is -2.20. The van der Waals surface area contributed by atoms with E-state index in [-0.39, 0.29) is 5.91 Å². The van der Waals surface area contributed by atoms with Gasteiger partial charge in [-0.15, -0.1) is 0 Å². The summed E-state index contributed by atoms with van der Waals surface area (Å²) >= 11 is 1.55. The number of fused-ring (bicyclic) bond motifs is 1. The Morgan fingerprint density at radius 1 is 1.11 bits per heavy atom. The second-order valence-electron chi connectivity index (χ2n) is 7.10. The van der Waals surface area contributed by atoms with Crippen molar-refractivity contribution < 1.29 is 4.79 Å². The Balaban J connectivity index is 1.83. The maximum absolute atomic E-state index is 13.5. The van der Waals surface area contributed by atoms with Crippen molar-refractivity contribution >= 4 is 32.6 Å². The summed E-state index contributed by atoms with van der Waals surface area (Å²) in [7, 11) is 1.80. The van der Waals surface area contributed by atoms with Crippen LogP contribution in [-0.4, -0.2) is 20.7 Å². The maximum atomic E-state index is 13.5. The Labute approximate surface area is 168 Å². The van der Waals surface area contributed by atoms with E-state index in [9.17, 15) is 4.79 Å². The van der Waals surface area contributed by atoms with Crippen LogP contribution in [0.2, 0.25) is 0 Å². The average Bonchev–Trinajstić information content (AvgIpc) is 3.23. The lowest BCUT2D eigenvalue weighted by Crippen LogP contribution is -2.32. The zero-order valence-corrected chi connectivity index (χ0v) is 17.2. The van der Waals surface area contributed by atoms with Crippen LogP contribution in [0.4, 0.5) is 5.13 Å². The molecule has 0 radical (unpaired) electrons. The number of aromatic nitrogens is 3. The average molecular weight is 391 g/mol. The van der Waals surface area contributed by atoms with Gasteiger partial charge >= 0.3 is 0 Å². The summed E-state index contributed by atoms with van der Waals surface area (Å²) in [6, 6.07) is 14.3. The van der Waals surface area contributed by atoms with Gasteiger partial charge in [-0.05, 0) is 49.1 Å². The molecule has 0 spiro atoms. The molecule has 2 aromatic heterocycles. The molecule has 6 heteroatoms. The van der Waals surface area contributed by atoms with Gasteiger partial charge in [-0.3, -0.25) is 14.4 Å². The molecule has 0 fully saturated rings. The van der Waals surface area contributed by atoms with E-state index in [0.29, 0.717) is 17.4 Å². The highest BCUT2D eigenvalue weighted by atomic mass is 32.1. The van der Waals surface area contributed by atoms with E-state index in [4.69, 9.17) is 4.98 Å². The summed E-state index contributed by atoms with van der Waals surface area (Å²) in [6.45, 7) is 6.51. The topological polar surface area (TPSA) is 51.0 Å². The number of rotatable bonds is 4. The number of aryl methyl sites for hydroxylation is 4. The van der Waals surface area contributed by atoms with Gasteiger partial charge in [0.05, 0.1) is 23.0 Å². The van der Waals surface area contributed by atoms with Crippen molar-refractivity contribution in [2.24, 2.45) is 7.05 Å². The molecule has 0 aliphatic carbocycles. The molecular weight excluding hydrogens is 368 g/mol. The van der Waals surface area contributed by atoms with Crippen molar-refractivity contribution in [1.29, 1.82) is 0 Å². The zero-order valence-electron chi connectivity index (χ0n) is 16.4. The lowest BCUT2D eigenvalue weighted by molar-refractivity contribution is 0.0975. The third-order valence-electron chi connectivity index (χ3n) is 4.80. The minimum absolute atomic E-state index is 0.0882. The lowest BCUT2D eigenvalue weighted by atomic mass is 10.1. The molecule has 0 aliphatic heterocycles. The van der Waals surface area contributed by atoms with Crippen LogP contribution in [0, 0.1) is 20.8 Å². The Hall–Kier alpha value is -2.99. The number of hydrogen-bond acceptors (Lipinski definition) is 4. The van der Waals surface area contributed by atoms with Gasteiger partial charge in [0, 0.05) is 7.05 Å². The third-order valence-corrected chi connectivity index (χ3v) is 5.83. The predicted molar refractivity (Wildman–Crippen MR) is 114 cm³/mol. The summed E-state index contributed by atoms with van der Waals surface area (Å²) < 4.78 is 2.73. The number of nitrogens with zero attached hydrogens (tertiary/aromatic N) is 4. The number of hydrogen-bond donors (Lipinski definition) is 0. The number of carbonyl (C=O) groups excluding carboxylic acids is 1. The fourth-order valence-corrected chi connectivity index (χ4v) is 4.59. The summed E-state index contributed by atoms with van der Waals surface area (Å²) in [5.74, 6) is -0.0882. The molecule has 0 aliphatic rings. The number of carbonyl (C=O) groups is 1. The van der Waals surface area contributed by atoms with Gasteiger partial charge in [0.2, 0.25) is 0 Å². The highest BCUT2D eigenvalue weighted by molar-refractivity contribution is 7.22. The van der Waals surface area contributed by atoms with Crippen LogP contribution in [-0.2, 0) is 13.6 Å². The first-order valence-corrected chi connectivity index (χ1v) is 9.98. The van der Waals surface area contributed by atoms with Crippen molar-refractivity contribution in [3.8, 4) is 0 Å². The molecule has 2 heterocycles. The molecule has 5 nitrogen and oxygen atoms in total. The molecule has 142 valence electrons. The van der Waals surface area contributed by atoms with Crippen LogP contribution in [0.3, 0.4) is 0 Å². The normalized spacial score (nSPS) is 11.1. The van der Waals surface area contributed by atoms with E-state index in [1.807, 2.05) is 37.3 Å². The van der Waals surface area contributed by atoms with E-state index in [2.05, 4.69) is 31.1 Å². The molecule has 0 saturated carbocycles. The molecule has 1 amide bonds. The Morgan fingerprint density at radius 2 is 1.86 bits per heavy atom. The Kier molecular flexibility index (Phi) is 4.73. The second kappa shape index (κ2) is 7.20. The number of benzene rings is 2. The fraction of sp³-hybridized carbons (Fsp3) is 0.227. The molecule has 4 aromatic rings. The van der Waals surface area contributed by atoms with Crippen molar-refractivity contribution in [2.45, 2.75) is 27.3 Å². The predicted octanol–water partition coefficient (Wildman–Crippen LogP) is 4.80. The highest BCUT2D eigenvalue weighted by Crippen LogP contribution is 2.33. The van der Waals surface area contributed by atoms with Crippen LogP contribution in [0.1, 0.15) is 32.7 Å². The van der Waals surface area contributed by atoms with Crippen LogP contribution in [0.5, 0.6) is 0 Å². The van der Waals surface area contributed by atoms with Gasteiger partial charge in [-0.1, -0.05) is 47.7 Å². The van der Waals surface area contributed by atoms with Gasteiger partial charge in [-0.2, -0.15) is 5.10 Å². The van der Waals surface area contributed by atoms with Gasteiger partial charge in [0.1, 0.15) is 5.69 Å². The van der Waals surface area contributed by atoms with E-state index >= 15 is 0 Å². The fourth-order valence-electron chi connectivity index (χ4n) is 3.45. The van der Waals surface area contributed by atoms with Crippen molar-refractivity contribution in [3.63, 3.8) is 0 Å². The first-order valence-electron chi connectivity index (χ1n) is 9.16. The number of amides is 1. The van der Waals surface area contributed by atoms with E-state index in [0.717, 1.165) is 26.9 Å². The summed E-state index contributed by atoms with van der Waals surface area (Å²) in [6.07, 6.45) is 1.72. The number of thiazole rings is 1. The monoisotopic (exact) mass is 390 g/mol. The molecule has 28 heavy (non-hydrogen) atoms. The first kappa shape index (κ1) is 18.4. The van der Waals surface area contributed by atoms with Crippen molar-refractivity contribution in [3.05, 3.63) is 76.6 Å². The molecule has 4 rings (SSSR count). The molecule has 0 unspecified atom stereocenters.